The number of rotatable bonds is 2. The first kappa shape index (κ1) is 30.3. The van der Waals surface area contributed by atoms with Crippen LogP contribution >= 0.6 is 11.6 Å². The molecular weight excluding hydrogens is 432 g/mol. The second-order valence-corrected chi connectivity index (χ2v) is 6.85. The first-order valence-electron chi connectivity index (χ1n) is 9.66. The highest BCUT2D eigenvalue weighted by Gasteiger charge is 2.10. The van der Waals surface area contributed by atoms with E-state index in [1.54, 1.807) is 22.5 Å². The van der Waals surface area contributed by atoms with Crippen LogP contribution in [0.25, 0.3) is 0 Å². The summed E-state index contributed by atoms with van der Waals surface area (Å²) in [5, 5.41) is 2.34. The Morgan fingerprint density at radius 3 is 2.07 bits per heavy atom. The predicted molar refractivity (Wildman–Crippen MR) is 124 cm³/mol. The molecule has 9 heteroatoms. The zero-order chi connectivity index (χ0) is 23.4. The van der Waals surface area contributed by atoms with Crippen molar-refractivity contribution in [1.29, 1.82) is 0 Å². The Bertz CT molecular complexity index is 710. The molecule has 2 aromatic rings. The van der Waals surface area contributed by atoms with E-state index in [0.717, 1.165) is 19.5 Å². The van der Waals surface area contributed by atoms with E-state index in [1.807, 2.05) is 34.7 Å². The molecule has 2 aromatic carbocycles. The lowest BCUT2D eigenvalue weighted by Gasteiger charge is -2.20. The van der Waals surface area contributed by atoms with Gasteiger partial charge in [-0.3, -0.25) is 4.79 Å². The minimum atomic E-state index is -0.902. The number of hydrogen-bond donors (Lipinski definition) is 2. The molecule has 0 bridgehead atoms. The molecular formula is C21H32ClF2N3O2S. The fourth-order valence-corrected chi connectivity index (χ4v) is 2.74. The molecule has 1 heterocycles. The van der Waals surface area contributed by atoms with E-state index in [2.05, 4.69) is 10.0 Å². The van der Waals surface area contributed by atoms with Gasteiger partial charge in [-0.1, -0.05) is 57.5 Å². The van der Waals surface area contributed by atoms with E-state index in [-0.39, 0.29) is 10.8 Å². The molecule has 3 rings (SSSR count). The van der Waals surface area contributed by atoms with Gasteiger partial charge in [0.15, 0.2) is 11.2 Å². The van der Waals surface area contributed by atoms with Gasteiger partial charge in [-0.05, 0) is 36.8 Å². The molecule has 0 aliphatic carbocycles. The molecule has 1 atom stereocenters. The van der Waals surface area contributed by atoms with Crippen molar-refractivity contribution in [3.63, 3.8) is 0 Å². The first-order chi connectivity index (χ1) is 14.4. The van der Waals surface area contributed by atoms with Crippen molar-refractivity contribution in [2.75, 3.05) is 25.5 Å². The maximum Gasteiger partial charge on any atom is 0.211 e. The predicted octanol–water partition coefficient (Wildman–Crippen LogP) is 5.42. The highest BCUT2D eigenvalue weighted by atomic mass is 35.5. The lowest BCUT2D eigenvalue weighted by Crippen LogP contribution is -2.39. The third kappa shape index (κ3) is 15.0. The quantitative estimate of drug-likeness (QED) is 0.584. The van der Waals surface area contributed by atoms with Crippen LogP contribution in [0.5, 0.6) is 0 Å². The number of carbonyl (C=O) groups excluding carboxylic acids is 1. The molecule has 0 spiro atoms. The molecule has 1 unspecified atom stereocenters. The molecule has 0 aromatic heterocycles. The summed E-state index contributed by atoms with van der Waals surface area (Å²) in [5.41, 5.74) is 0.478. The van der Waals surface area contributed by atoms with Gasteiger partial charge in [0.25, 0.3) is 0 Å². The Kier molecular flexibility index (Phi) is 20.6. The Hall–Kier alpha value is -1.87. The molecule has 170 valence electrons. The van der Waals surface area contributed by atoms with E-state index in [4.69, 9.17) is 11.6 Å². The molecule has 1 saturated heterocycles. The van der Waals surface area contributed by atoms with Crippen molar-refractivity contribution in [3.05, 3.63) is 65.2 Å². The van der Waals surface area contributed by atoms with Crippen LogP contribution in [0.2, 0.25) is 5.02 Å². The molecule has 30 heavy (non-hydrogen) atoms. The fourth-order valence-electron chi connectivity index (χ4n) is 1.72. The summed E-state index contributed by atoms with van der Waals surface area (Å²) >= 11 is 4.52. The van der Waals surface area contributed by atoms with Gasteiger partial charge in [-0.15, -0.1) is 0 Å². The third-order valence-corrected chi connectivity index (χ3v) is 4.53. The van der Waals surface area contributed by atoms with Crippen LogP contribution in [0.1, 0.15) is 34.1 Å². The van der Waals surface area contributed by atoms with Crippen molar-refractivity contribution in [1.82, 2.24) is 9.03 Å². The summed E-state index contributed by atoms with van der Waals surface area (Å²) in [7, 11) is 1.85. The number of carbonyl (C=O) groups is 1. The highest BCUT2D eigenvalue weighted by Crippen LogP contribution is 2.18. The van der Waals surface area contributed by atoms with Crippen molar-refractivity contribution in [3.8, 4) is 0 Å². The lowest BCUT2D eigenvalue weighted by atomic mass is 10.3. The van der Waals surface area contributed by atoms with Crippen LogP contribution in [-0.4, -0.2) is 35.1 Å². The van der Waals surface area contributed by atoms with E-state index in [9.17, 15) is 17.8 Å². The second-order valence-electron chi connectivity index (χ2n) is 5.04. The van der Waals surface area contributed by atoms with Crippen LogP contribution in [0.15, 0.2) is 48.5 Å². The molecule has 1 amide bonds. The number of anilines is 1. The van der Waals surface area contributed by atoms with Gasteiger partial charge in [0.05, 0.1) is 5.02 Å². The van der Waals surface area contributed by atoms with Crippen molar-refractivity contribution in [2.45, 2.75) is 34.1 Å². The van der Waals surface area contributed by atoms with Gasteiger partial charge >= 0.3 is 0 Å². The van der Waals surface area contributed by atoms with Crippen LogP contribution in [0.4, 0.5) is 14.5 Å². The number of benzene rings is 2. The first-order valence-corrected chi connectivity index (χ1v) is 11.1. The summed E-state index contributed by atoms with van der Waals surface area (Å²) in [6, 6.07) is 11.9. The van der Waals surface area contributed by atoms with Crippen molar-refractivity contribution < 1.29 is 17.8 Å². The van der Waals surface area contributed by atoms with Crippen molar-refractivity contribution in [2.24, 2.45) is 0 Å². The van der Waals surface area contributed by atoms with Crippen molar-refractivity contribution >= 4 is 34.9 Å². The Morgan fingerprint density at radius 2 is 1.70 bits per heavy atom. The Labute approximate surface area is 186 Å². The monoisotopic (exact) mass is 463 g/mol. The van der Waals surface area contributed by atoms with Crippen LogP contribution < -0.4 is 10.0 Å². The zero-order valence-electron chi connectivity index (χ0n) is 18.1. The smallest absolute Gasteiger partial charge is 0.211 e. The molecule has 2 N–H and O–H groups in total. The van der Waals surface area contributed by atoms with Gasteiger partial charge in [0, 0.05) is 25.8 Å². The molecule has 0 saturated carbocycles. The average molecular weight is 464 g/mol. The summed E-state index contributed by atoms with van der Waals surface area (Å²) in [6.07, 6.45) is 1.60. The van der Waals surface area contributed by atoms with Gasteiger partial charge in [0.2, 0.25) is 6.41 Å². The summed E-state index contributed by atoms with van der Waals surface area (Å²) < 4.78 is 39.7. The number of hydrogen-bond acceptors (Lipinski definition) is 2. The summed E-state index contributed by atoms with van der Waals surface area (Å²) in [5.74, 6) is -0.675. The maximum atomic E-state index is 12.5. The number of amides is 1. The minimum absolute atomic E-state index is 0.00292. The number of nitrogens with one attached hydrogen (secondary N) is 2. The minimum Gasteiger partial charge on any atom is -0.329 e. The van der Waals surface area contributed by atoms with Crippen LogP contribution in [0.3, 0.4) is 0 Å². The fraction of sp³-hybridized carbons (Fsp3) is 0.381. The summed E-state index contributed by atoms with van der Waals surface area (Å²) in [4.78, 5) is 9.92. The van der Waals surface area contributed by atoms with Gasteiger partial charge < -0.3 is 5.32 Å². The standard InChI is InChI=1S/C7H5ClFNO.C6H5F.C4H10N2OS.2C2H6/c8-6-3-5(10-4-11)1-2-7(6)9;7-6-4-2-1-3-5-6;1-6-4-2-3-5-8(6)7;2*1-2/h1-4H,(H,10,11);1-5H;5H,2-4H2,1H3;2*1-2H3. The molecule has 1 aliphatic rings. The summed E-state index contributed by atoms with van der Waals surface area (Å²) in [6.45, 7) is 9.83. The maximum absolute atomic E-state index is 12.5. The van der Waals surface area contributed by atoms with Gasteiger partial charge in [0.1, 0.15) is 11.6 Å². The topological polar surface area (TPSA) is 61.4 Å². The largest absolute Gasteiger partial charge is 0.329 e. The SMILES string of the molecule is CC.CC.CN1CCCNS1=O.Fc1ccccc1.O=CNc1ccc(F)c(Cl)c1. The van der Waals surface area contributed by atoms with Gasteiger partial charge in [-0.25, -0.2) is 22.0 Å². The second kappa shape index (κ2) is 20.4. The van der Waals surface area contributed by atoms with E-state index >= 15 is 0 Å². The van der Waals surface area contributed by atoms with E-state index in [0.29, 0.717) is 12.1 Å². The number of nitrogens with zero attached hydrogens (tertiary/aromatic N) is 1. The Balaban J connectivity index is 0. The molecule has 1 fully saturated rings. The molecule has 1 aliphatic heterocycles. The van der Waals surface area contributed by atoms with E-state index < -0.39 is 17.0 Å². The zero-order valence-corrected chi connectivity index (χ0v) is 19.7. The number of halogens is 3. The van der Waals surface area contributed by atoms with Crippen LogP contribution in [0, 0.1) is 11.6 Å². The lowest BCUT2D eigenvalue weighted by molar-refractivity contribution is -0.105. The highest BCUT2D eigenvalue weighted by molar-refractivity contribution is 7.80. The van der Waals surface area contributed by atoms with Gasteiger partial charge in [-0.2, -0.15) is 0 Å². The molecule has 5 nitrogen and oxygen atoms in total. The molecule has 0 radical (unpaired) electrons. The average Bonchev–Trinajstić information content (AvgIpc) is 2.77. The normalized spacial score (nSPS) is 14.6. The van der Waals surface area contributed by atoms with E-state index in [1.165, 1.54) is 30.3 Å². The Morgan fingerprint density at radius 1 is 1.10 bits per heavy atom. The van der Waals surface area contributed by atoms with Crippen LogP contribution in [-0.2, 0) is 16.0 Å². The third-order valence-electron chi connectivity index (χ3n) is 3.04.